The summed E-state index contributed by atoms with van der Waals surface area (Å²) in [6.07, 6.45) is 4.69. The van der Waals surface area contributed by atoms with Gasteiger partial charge in [-0.1, -0.05) is 6.42 Å². The number of rotatable bonds is 2. The van der Waals surface area contributed by atoms with Crippen LogP contribution in [0.1, 0.15) is 30.9 Å². The third-order valence-electron chi connectivity index (χ3n) is 3.90. The number of hydrogen-bond donors (Lipinski definition) is 1. The Kier molecular flexibility index (Phi) is 6.22. The first-order chi connectivity index (χ1) is 9.84. The van der Waals surface area contributed by atoms with Crippen molar-refractivity contribution in [2.75, 3.05) is 26.3 Å². The summed E-state index contributed by atoms with van der Waals surface area (Å²) in [5.74, 6) is 2.61. The Bertz CT molecular complexity index is 483. The molecule has 2 N–H and O–H groups in total. The number of guanidine groups is 1. The van der Waals surface area contributed by atoms with E-state index in [1.807, 2.05) is 0 Å². The van der Waals surface area contributed by atoms with E-state index in [0.717, 1.165) is 50.9 Å². The van der Waals surface area contributed by atoms with Gasteiger partial charge in [-0.15, -0.1) is 34.2 Å². The summed E-state index contributed by atoms with van der Waals surface area (Å²) >= 11 is 0. The average molecular weight is 406 g/mol. The topological polar surface area (TPSA) is 81.6 Å². The minimum atomic E-state index is 0. The van der Waals surface area contributed by atoms with Crippen LogP contribution in [0.2, 0.25) is 0 Å². The molecule has 7 nitrogen and oxygen atoms in total. The molecule has 0 bridgehead atoms. The van der Waals surface area contributed by atoms with Crippen molar-refractivity contribution in [3.8, 4) is 0 Å². The predicted octanol–water partition coefficient (Wildman–Crippen LogP) is 0.769. The lowest BCUT2D eigenvalue weighted by molar-refractivity contribution is 0.0674. The van der Waals surface area contributed by atoms with E-state index in [2.05, 4.69) is 24.7 Å². The van der Waals surface area contributed by atoms with E-state index in [9.17, 15) is 0 Å². The minimum absolute atomic E-state index is 0. The zero-order chi connectivity index (χ0) is 13.8. The van der Waals surface area contributed by atoms with Crippen molar-refractivity contribution >= 4 is 29.9 Å². The molecule has 21 heavy (non-hydrogen) atoms. The lowest BCUT2D eigenvalue weighted by atomic mass is 10.2. The molecule has 8 heteroatoms. The summed E-state index contributed by atoms with van der Waals surface area (Å²) in [7, 11) is 0. The van der Waals surface area contributed by atoms with Crippen LogP contribution in [0.4, 0.5) is 0 Å². The summed E-state index contributed by atoms with van der Waals surface area (Å²) < 4.78 is 7.52. The Morgan fingerprint density at radius 2 is 1.95 bits per heavy atom. The molecular formula is C13H23IN6O. The number of hydrogen-bond acceptors (Lipinski definition) is 4. The minimum Gasteiger partial charge on any atom is -0.378 e. The number of aliphatic imine (C=N–C) groups is 1. The Morgan fingerprint density at radius 1 is 1.14 bits per heavy atom. The molecule has 0 unspecified atom stereocenters. The van der Waals surface area contributed by atoms with Gasteiger partial charge in [-0.3, -0.25) is 0 Å². The maximum atomic E-state index is 6.03. The van der Waals surface area contributed by atoms with E-state index in [-0.39, 0.29) is 24.0 Å². The van der Waals surface area contributed by atoms with Crippen LogP contribution in [0.15, 0.2) is 4.99 Å². The first-order valence-electron chi connectivity index (χ1n) is 7.38. The summed E-state index contributed by atoms with van der Waals surface area (Å²) in [6.45, 7) is 4.58. The number of ether oxygens (including phenoxy) is 1. The van der Waals surface area contributed by atoms with Gasteiger partial charge in [0.05, 0.1) is 13.2 Å². The average Bonchev–Trinajstić information content (AvgIpc) is 2.72. The zero-order valence-electron chi connectivity index (χ0n) is 12.2. The van der Waals surface area contributed by atoms with E-state index in [1.165, 1.54) is 19.3 Å². The number of morpholine rings is 1. The van der Waals surface area contributed by atoms with Crippen LogP contribution in [-0.2, 0) is 24.2 Å². The molecule has 0 saturated carbocycles. The van der Waals surface area contributed by atoms with Gasteiger partial charge in [0.25, 0.3) is 0 Å². The van der Waals surface area contributed by atoms with Crippen molar-refractivity contribution in [1.29, 1.82) is 0 Å². The fourth-order valence-corrected chi connectivity index (χ4v) is 2.71. The van der Waals surface area contributed by atoms with Crippen LogP contribution in [-0.4, -0.2) is 51.9 Å². The van der Waals surface area contributed by atoms with E-state index in [0.29, 0.717) is 12.5 Å². The summed E-state index contributed by atoms with van der Waals surface area (Å²) in [5, 5.41) is 8.54. The van der Waals surface area contributed by atoms with Crippen molar-refractivity contribution in [2.24, 2.45) is 10.7 Å². The van der Waals surface area contributed by atoms with Crippen molar-refractivity contribution in [3.63, 3.8) is 0 Å². The normalized spacial score (nSPS) is 19.6. The van der Waals surface area contributed by atoms with Gasteiger partial charge in [-0.2, -0.15) is 0 Å². The molecule has 3 heterocycles. The zero-order valence-corrected chi connectivity index (χ0v) is 14.5. The molecule has 0 atom stereocenters. The van der Waals surface area contributed by atoms with Crippen LogP contribution in [0.5, 0.6) is 0 Å². The molecular weight excluding hydrogens is 383 g/mol. The van der Waals surface area contributed by atoms with Gasteiger partial charge in [0.2, 0.25) is 0 Å². The second-order valence-electron chi connectivity index (χ2n) is 5.27. The maximum absolute atomic E-state index is 6.03. The van der Waals surface area contributed by atoms with Gasteiger partial charge < -0.3 is 19.9 Å². The predicted molar refractivity (Wildman–Crippen MR) is 90.7 cm³/mol. The summed E-state index contributed by atoms with van der Waals surface area (Å²) in [6, 6.07) is 0. The Hall–Kier alpha value is -0.900. The molecule has 0 aliphatic carbocycles. The number of fused-ring (bicyclic) bond motifs is 1. The van der Waals surface area contributed by atoms with Gasteiger partial charge in [0.1, 0.15) is 12.4 Å². The van der Waals surface area contributed by atoms with Gasteiger partial charge in [0, 0.05) is 26.1 Å². The maximum Gasteiger partial charge on any atom is 0.191 e. The molecule has 0 aromatic carbocycles. The number of nitrogens with zero attached hydrogens (tertiary/aromatic N) is 5. The third kappa shape index (κ3) is 4.06. The standard InChI is InChI=1S/C13H22N6O.HI/c14-13(18-6-8-20-9-7-18)15-10-12-17-16-11-4-2-1-3-5-19(11)12;/h1-10H2,(H2,14,15);1H. The lowest BCUT2D eigenvalue weighted by Crippen LogP contribution is -2.44. The molecule has 0 spiro atoms. The van der Waals surface area contributed by atoms with E-state index >= 15 is 0 Å². The molecule has 2 aliphatic heterocycles. The fourth-order valence-electron chi connectivity index (χ4n) is 2.71. The van der Waals surface area contributed by atoms with E-state index in [1.54, 1.807) is 0 Å². The Balaban J connectivity index is 0.00000161. The highest BCUT2D eigenvalue weighted by Gasteiger charge is 2.15. The van der Waals surface area contributed by atoms with Crippen LogP contribution < -0.4 is 5.73 Å². The molecule has 0 radical (unpaired) electrons. The van der Waals surface area contributed by atoms with Crippen molar-refractivity contribution < 1.29 is 4.74 Å². The van der Waals surface area contributed by atoms with Crippen LogP contribution in [0.25, 0.3) is 0 Å². The molecule has 1 aromatic heterocycles. The summed E-state index contributed by atoms with van der Waals surface area (Å²) in [4.78, 5) is 6.53. The number of aromatic nitrogens is 3. The molecule has 0 amide bonds. The van der Waals surface area contributed by atoms with Crippen LogP contribution >= 0.6 is 24.0 Å². The number of nitrogens with two attached hydrogens (primary N) is 1. The number of aryl methyl sites for hydroxylation is 1. The largest absolute Gasteiger partial charge is 0.378 e. The molecule has 118 valence electrons. The van der Waals surface area contributed by atoms with Crippen LogP contribution in [0, 0.1) is 0 Å². The SMILES string of the molecule is I.NC(=NCc1nnc2n1CCCCC2)N1CCOCC1. The Labute approximate surface area is 142 Å². The van der Waals surface area contributed by atoms with Gasteiger partial charge in [-0.25, -0.2) is 4.99 Å². The second-order valence-corrected chi connectivity index (χ2v) is 5.27. The molecule has 1 aromatic rings. The van der Waals surface area contributed by atoms with E-state index < -0.39 is 0 Å². The quantitative estimate of drug-likeness (QED) is 0.446. The Morgan fingerprint density at radius 3 is 2.76 bits per heavy atom. The number of halogens is 1. The first kappa shape index (κ1) is 16.5. The molecule has 2 aliphatic rings. The van der Waals surface area contributed by atoms with Crippen LogP contribution in [0.3, 0.4) is 0 Å². The van der Waals surface area contributed by atoms with Crippen molar-refractivity contribution in [3.05, 3.63) is 11.6 Å². The van der Waals surface area contributed by atoms with E-state index in [4.69, 9.17) is 10.5 Å². The first-order valence-corrected chi connectivity index (χ1v) is 7.38. The van der Waals surface area contributed by atoms with Gasteiger partial charge in [0.15, 0.2) is 11.8 Å². The fraction of sp³-hybridized carbons (Fsp3) is 0.769. The second kappa shape index (κ2) is 7.92. The highest BCUT2D eigenvalue weighted by molar-refractivity contribution is 14.0. The van der Waals surface area contributed by atoms with Crippen molar-refractivity contribution in [1.82, 2.24) is 19.7 Å². The third-order valence-corrected chi connectivity index (χ3v) is 3.90. The lowest BCUT2D eigenvalue weighted by Gasteiger charge is -2.27. The summed E-state index contributed by atoms with van der Waals surface area (Å²) in [5.41, 5.74) is 6.03. The smallest absolute Gasteiger partial charge is 0.191 e. The highest BCUT2D eigenvalue weighted by atomic mass is 127. The highest BCUT2D eigenvalue weighted by Crippen LogP contribution is 2.14. The van der Waals surface area contributed by atoms with Gasteiger partial charge >= 0.3 is 0 Å². The van der Waals surface area contributed by atoms with Crippen molar-refractivity contribution in [2.45, 2.75) is 38.8 Å². The monoisotopic (exact) mass is 406 g/mol. The molecule has 1 fully saturated rings. The molecule has 3 rings (SSSR count). The van der Waals surface area contributed by atoms with Gasteiger partial charge in [-0.05, 0) is 12.8 Å². The molecule has 1 saturated heterocycles.